The fourth-order valence-electron chi connectivity index (χ4n) is 10.6. The van der Waals surface area contributed by atoms with Gasteiger partial charge in [-0.2, -0.15) is 4.98 Å². The molecule has 3 aromatic heterocycles. The van der Waals surface area contributed by atoms with Crippen molar-refractivity contribution in [2.45, 2.75) is 90.6 Å². The number of piperidine rings is 3. The van der Waals surface area contributed by atoms with E-state index in [0.717, 1.165) is 111 Å². The predicted octanol–water partition coefficient (Wildman–Crippen LogP) is 8.53. The fraction of sp³-hybridized carbons (Fsp3) is 0.472. The van der Waals surface area contributed by atoms with Crippen molar-refractivity contribution >= 4 is 96.7 Å². The molecular weight excluding hydrogens is 1020 g/mol. The first kappa shape index (κ1) is 52.0. The van der Waals surface area contributed by atoms with Crippen LogP contribution in [0, 0.1) is 11.7 Å². The summed E-state index contributed by atoms with van der Waals surface area (Å²) in [6, 6.07) is 14.3. The molecule has 3 saturated heterocycles. The minimum Gasteiger partial charge on any atom is -0.492 e. The van der Waals surface area contributed by atoms with E-state index in [2.05, 4.69) is 83.3 Å². The number of hydrogen-bond acceptors (Lipinski definition) is 15. The first-order chi connectivity index (χ1) is 35.2. The van der Waals surface area contributed by atoms with E-state index in [0.29, 0.717) is 59.3 Å². The van der Waals surface area contributed by atoms with E-state index < -0.39 is 36.6 Å². The number of aromatic nitrogens is 4. The van der Waals surface area contributed by atoms with Crippen LogP contribution in [0.5, 0.6) is 5.75 Å². The molecule has 1 atom stereocenters. The molecule has 6 heterocycles. The number of pyridine rings is 1. The van der Waals surface area contributed by atoms with E-state index in [-0.39, 0.29) is 23.9 Å². The Hall–Kier alpha value is -5.88. The van der Waals surface area contributed by atoms with Gasteiger partial charge in [0.25, 0.3) is 0 Å². The number of ether oxygens (including phenoxy) is 1. The number of nitrogens with one attached hydrogen (secondary N) is 5. The number of benzene rings is 3. The van der Waals surface area contributed by atoms with Gasteiger partial charge < -0.3 is 44.8 Å². The normalized spacial score (nSPS) is 17.2. The highest BCUT2D eigenvalue weighted by molar-refractivity contribution is 9.10. The summed E-state index contributed by atoms with van der Waals surface area (Å²) in [7, 11) is -2.75. The molecule has 0 saturated carbocycles. The highest BCUT2D eigenvalue weighted by Crippen LogP contribution is 2.43. The second-order valence-electron chi connectivity index (χ2n) is 19.6. The van der Waals surface area contributed by atoms with Gasteiger partial charge >= 0.3 is 5.76 Å². The van der Waals surface area contributed by atoms with Crippen LogP contribution in [-0.4, -0.2) is 103 Å². The molecule has 73 heavy (non-hydrogen) atoms. The summed E-state index contributed by atoms with van der Waals surface area (Å²) in [5, 5.41) is 18.2. The zero-order valence-electron chi connectivity index (χ0n) is 42.3. The van der Waals surface area contributed by atoms with Gasteiger partial charge in [-0.3, -0.25) is 24.5 Å². The summed E-state index contributed by atoms with van der Waals surface area (Å²) in [5.41, 5.74) is 6.67. The number of rotatable bonds is 19. The molecule has 0 radical (unpaired) electrons. The molecule has 3 aromatic carbocycles. The molecule has 6 aromatic rings. The maximum Gasteiger partial charge on any atom is 0.420 e. The van der Waals surface area contributed by atoms with Gasteiger partial charge in [-0.1, -0.05) is 19.9 Å². The highest BCUT2D eigenvalue weighted by Gasteiger charge is 2.33. The Morgan fingerprint density at radius 3 is 2.36 bits per heavy atom. The zero-order valence-corrected chi connectivity index (χ0v) is 44.8. The molecule has 17 nitrogen and oxygen atoms in total. The van der Waals surface area contributed by atoms with Crippen LogP contribution in [0.25, 0.3) is 22.0 Å². The maximum atomic E-state index is 15.0. The van der Waals surface area contributed by atoms with Crippen molar-refractivity contribution in [1.82, 2.24) is 35.5 Å². The fourth-order valence-corrected chi connectivity index (χ4v) is 12.3. The van der Waals surface area contributed by atoms with Gasteiger partial charge in [-0.15, -0.1) is 0 Å². The molecule has 3 aliphatic heterocycles. The van der Waals surface area contributed by atoms with Crippen LogP contribution in [0.4, 0.5) is 38.9 Å². The van der Waals surface area contributed by atoms with E-state index in [1.807, 2.05) is 31.2 Å². The Balaban J connectivity index is 0.746. The first-order valence-electron chi connectivity index (χ1n) is 25.7. The number of carbonyl (C=O) groups is 2. The molecular formula is C53H66BrFN11O6P. The number of nitrogens with zero attached hydrogens (tertiary/aromatic N) is 6. The van der Waals surface area contributed by atoms with Gasteiger partial charge in [0, 0.05) is 98.2 Å². The molecule has 2 amide bonds. The average Bonchev–Trinajstić information content (AvgIpc) is 3.70. The number of halogens is 2. The Kier molecular flexibility index (Phi) is 16.2. The van der Waals surface area contributed by atoms with Crippen molar-refractivity contribution in [3.63, 3.8) is 0 Å². The highest BCUT2D eigenvalue weighted by atomic mass is 79.9. The molecule has 388 valence electrons. The zero-order chi connectivity index (χ0) is 51.4. The largest absolute Gasteiger partial charge is 0.492 e. The molecule has 9 rings (SSSR count). The molecule has 3 aliphatic rings. The second kappa shape index (κ2) is 22.7. The van der Waals surface area contributed by atoms with Crippen LogP contribution >= 0.6 is 23.1 Å². The van der Waals surface area contributed by atoms with Gasteiger partial charge in [0.15, 0.2) is 5.58 Å². The van der Waals surface area contributed by atoms with Gasteiger partial charge in [-0.05, 0) is 130 Å². The third-order valence-corrected chi connectivity index (χ3v) is 16.5. The number of aryl methyl sites for hydroxylation is 2. The molecule has 3 fully saturated rings. The van der Waals surface area contributed by atoms with Crippen molar-refractivity contribution in [1.29, 1.82) is 0 Å². The lowest BCUT2D eigenvalue weighted by molar-refractivity contribution is -0.135. The molecule has 1 unspecified atom stereocenters. The Morgan fingerprint density at radius 1 is 0.863 bits per heavy atom. The van der Waals surface area contributed by atoms with Crippen LogP contribution in [0.2, 0.25) is 0 Å². The predicted molar refractivity (Wildman–Crippen MR) is 291 cm³/mol. The number of carbonyl (C=O) groups excluding carboxylic acids is 2. The summed E-state index contributed by atoms with van der Waals surface area (Å²) in [5.74, 6) is -0.0672. The average molecular weight is 1080 g/mol. The monoisotopic (exact) mass is 1080 g/mol. The van der Waals surface area contributed by atoms with E-state index >= 15 is 4.39 Å². The Morgan fingerprint density at radius 2 is 1.63 bits per heavy atom. The van der Waals surface area contributed by atoms with E-state index in [9.17, 15) is 18.9 Å². The number of hydrogen-bond donors (Lipinski definition) is 5. The third kappa shape index (κ3) is 11.7. The Bertz CT molecular complexity index is 3110. The summed E-state index contributed by atoms with van der Waals surface area (Å²) >= 11 is 3.64. The van der Waals surface area contributed by atoms with Crippen LogP contribution in [0.3, 0.4) is 0 Å². The standard InChI is InChI=1S/C53H66BrFN11O6P/c1-6-33-27-41(61-52-58-31-38(54)50(63-52)60-40-12-11-39-37(49(40)73(4,5)70)10-9-35(7-2)59-39)46(71-8-3)30-43(33)64-25-18-36(19-26-64)57-22-21-56-20-15-32-16-23-65(24-17-32)44-28-34(55)29-45-48(44)72-53(69)66(45)42-13-14-47(67)62-51(42)68/h9-12,27-32,36,42,56-57H,6-8,13-26H2,1-5H3,(H,62,67,68)(H2,58,60,61,63). The van der Waals surface area contributed by atoms with E-state index in [1.54, 1.807) is 19.5 Å². The van der Waals surface area contributed by atoms with Crippen LogP contribution in [0.1, 0.15) is 83.0 Å². The van der Waals surface area contributed by atoms with Crippen molar-refractivity contribution in [2.75, 3.05) is 86.2 Å². The Labute approximate surface area is 433 Å². The molecule has 0 spiro atoms. The van der Waals surface area contributed by atoms with E-state index in [4.69, 9.17) is 19.1 Å². The van der Waals surface area contributed by atoms with Crippen LogP contribution < -0.4 is 52.2 Å². The van der Waals surface area contributed by atoms with Crippen molar-refractivity contribution in [3.05, 3.63) is 86.8 Å². The summed E-state index contributed by atoms with van der Waals surface area (Å²) in [4.78, 5) is 56.1. The molecule has 5 N–H and O–H groups in total. The van der Waals surface area contributed by atoms with Crippen LogP contribution in [-0.2, 0) is 27.0 Å². The minimum atomic E-state index is -2.75. The smallest absolute Gasteiger partial charge is 0.420 e. The van der Waals surface area contributed by atoms with Gasteiger partial charge in [0.2, 0.25) is 17.8 Å². The molecule has 0 bridgehead atoms. The van der Waals surface area contributed by atoms with E-state index in [1.165, 1.54) is 28.0 Å². The lowest BCUT2D eigenvalue weighted by Crippen LogP contribution is -2.44. The van der Waals surface area contributed by atoms with Gasteiger partial charge in [0.1, 0.15) is 30.6 Å². The molecule has 20 heteroatoms. The topological polar surface area (TPSA) is 201 Å². The van der Waals surface area contributed by atoms with Crippen molar-refractivity contribution in [3.8, 4) is 5.75 Å². The summed E-state index contributed by atoms with van der Waals surface area (Å²) in [6.45, 7) is 16.2. The molecule has 0 aliphatic carbocycles. The van der Waals surface area contributed by atoms with Gasteiger partial charge in [-0.25, -0.2) is 14.2 Å². The maximum absolute atomic E-state index is 15.0. The quantitative estimate of drug-likeness (QED) is 0.0293. The number of anilines is 6. The second-order valence-corrected chi connectivity index (χ2v) is 23.6. The van der Waals surface area contributed by atoms with Crippen molar-refractivity contribution < 1.29 is 27.7 Å². The lowest BCUT2D eigenvalue weighted by Gasteiger charge is -2.35. The number of oxazole rings is 1. The number of fused-ring (bicyclic) bond motifs is 2. The number of imide groups is 1. The number of amides is 2. The van der Waals surface area contributed by atoms with Crippen molar-refractivity contribution in [2.24, 2.45) is 5.92 Å². The summed E-state index contributed by atoms with van der Waals surface area (Å²) < 4.78 is 42.5. The summed E-state index contributed by atoms with van der Waals surface area (Å²) in [6.07, 6.45) is 8.54. The third-order valence-electron chi connectivity index (χ3n) is 14.3. The minimum absolute atomic E-state index is 0.0952. The first-order valence-corrected chi connectivity index (χ1v) is 29.1. The van der Waals surface area contributed by atoms with Crippen LogP contribution in [0.15, 0.2) is 68.4 Å². The van der Waals surface area contributed by atoms with Gasteiger partial charge in [0.05, 0.1) is 39.2 Å². The lowest BCUT2D eigenvalue weighted by atomic mass is 9.93. The SMILES string of the molecule is CCOc1cc(N2CCC(NCCNCCC3CCN(c4cc(F)cc5c4oc(=O)n5C4CCC(=O)NC4=O)CC3)CC2)c(CC)cc1Nc1ncc(Br)c(Nc2ccc3nc(CC)ccc3c2P(C)(C)=O)n1.